The molecule has 4 heterocycles. The van der Waals surface area contributed by atoms with E-state index in [4.69, 9.17) is 0 Å². The van der Waals surface area contributed by atoms with E-state index in [1.165, 1.54) is 10.6 Å². The van der Waals surface area contributed by atoms with Crippen LogP contribution in [0.2, 0.25) is 0 Å². The van der Waals surface area contributed by atoms with E-state index in [0.717, 1.165) is 61.0 Å². The smallest absolute Gasteiger partial charge is 0.223 e. The van der Waals surface area contributed by atoms with E-state index in [1.807, 2.05) is 18.3 Å². The second kappa shape index (κ2) is 7.60. The molecule has 0 aromatic carbocycles. The van der Waals surface area contributed by atoms with E-state index in [2.05, 4.69) is 39.0 Å². The van der Waals surface area contributed by atoms with Crippen molar-refractivity contribution >= 4 is 28.6 Å². The van der Waals surface area contributed by atoms with Gasteiger partial charge in [-0.25, -0.2) is 9.97 Å². The van der Waals surface area contributed by atoms with Gasteiger partial charge in [-0.3, -0.25) is 9.69 Å². The normalized spacial score (nSPS) is 24.1. The van der Waals surface area contributed by atoms with Crippen molar-refractivity contribution in [3.63, 3.8) is 0 Å². The van der Waals surface area contributed by atoms with Crippen molar-refractivity contribution in [1.82, 2.24) is 19.8 Å². The van der Waals surface area contributed by atoms with Crippen LogP contribution in [0.1, 0.15) is 58.4 Å². The van der Waals surface area contributed by atoms with Crippen LogP contribution in [0.5, 0.6) is 0 Å². The maximum atomic E-state index is 12.7. The van der Waals surface area contributed by atoms with Crippen LogP contribution < -0.4 is 0 Å². The lowest BCUT2D eigenvalue weighted by molar-refractivity contribution is -0.132. The van der Waals surface area contributed by atoms with Crippen LogP contribution in [-0.4, -0.2) is 44.3 Å². The van der Waals surface area contributed by atoms with Crippen molar-refractivity contribution in [2.24, 2.45) is 0 Å². The zero-order valence-electron chi connectivity index (χ0n) is 16.5. The van der Waals surface area contributed by atoms with Crippen LogP contribution in [0.15, 0.2) is 5.38 Å². The Hall–Kier alpha value is -1.31. The second-order valence-corrected chi connectivity index (χ2v) is 10.3. The average Bonchev–Trinajstić information content (AvgIpc) is 3.21. The molecule has 27 heavy (non-hydrogen) atoms. The highest BCUT2D eigenvalue weighted by Crippen LogP contribution is 2.40. The molecular formula is C20H28N4OS2. The Morgan fingerprint density at radius 3 is 2.63 bits per heavy atom. The molecule has 1 spiro atoms. The number of nitrogens with zero attached hydrogens (tertiary/aromatic N) is 4. The SMILES string of the molecule is Cc1nc(CN2C(=O)CC[C@@]23CCCN(Cc2sc(C)nc2C)CC3)cs1. The molecule has 0 radical (unpaired) electrons. The largest absolute Gasteiger partial charge is 0.331 e. The fourth-order valence-corrected chi connectivity index (χ4v) is 6.19. The van der Waals surface area contributed by atoms with Gasteiger partial charge in [-0.1, -0.05) is 0 Å². The van der Waals surface area contributed by atoms with Gasteiger partial charge < -0.3 is 4.90 Å². The molecule has 2 aromatic rings. The third-order valence-corrected chi connectivity index (χ3v) is 7.92. The zero-order chi connectivity index (χ0) is 19.0. The van der Waals surface area contributed by atoms with Crippen LogP contribution in [0.4, 0.5) is 0 Å². The van der Waals surface area contributed by atoms with Crippen LogP contribution in [0, 0.1) is 20.8 Å². The molecule has 0 bridgehead atoms. The summed E-state index contributed by atoms with van der Waals surface area (Å²) in [7, 11) is 0. The predicted octanol–water partition coefficient (Wildman–Crippen LogP) is 4.07. The van der Waals surface area contributed by atoms with Gasteiger partial charge in [-0.2, -0.15) is 0 Å². The first-order valence-corrected chi connectivity index (χ1v) is 11.5. The lowest BCUT2D eigenvalue weighted by Crippen LogP contribution is -2.46. The van der Waals surface area contributed by atoms with Gasteiger partial charge in [-0.15, -0.1) is 22.7 Å². The van der Waals surface area contributed by atoms with Crippen molar-refractivity contribution in [1.29, 1.82) is 0 Å². The number of aryl methyl sites for hydroxylation is 3. The third-order valence-electron chi connectivity index (χ3n) is 6.04. The summed E-state index contributed by atoms with van der Waals surface area (Å²) in [4.78, 5) is 28.0. The van der Waals surface area contributed by atoms with Gasteiger partial charge in [0.25, 0.3) is 0 Å². The van der Waals surface area contributed by atoms with Crippen molar-refractivity contribution in [2.75, 3.05) is 13.1 Å². The molecule has 0 saturated carbocycles. The lowest BCUT2D eigenvalue weighted by Gasteiger charge is -2.38. The maximum absolute atomic E-state index is 12.7. The fourth-order valence-electron chi connectivity index (χ4n) is 4.61. The Morgan fingerprint density at radius 2 is 1.93 bits per heavy atom. The summed E-state index contributed by atoms with van der Waals surface area (Å²) in [6.07, 6.45) is 5.02. The van der Waals surface area contributed by atoms with Gasteiger partial charge in [0.15, 0.2) is 0 Å². The molecule has 2 aliphatic heterocycles. The van der Waals surface area contributed by atoms with E-state index in [1.54, 1.807) is 11.3 Å². The third kappa shape index (κ3) is 3.96. The zero-order valence-corrected chi connectivity index (χ0v) is 18.1. The molecule has 0 unspecified atom stereocenters. The lowest BCUT2D eigenvalue weighted by atomic mass is 9.87. The number of hydrogen-bond donors (Lipinski definition) is 0. The molecule has 2 aromatic heterocycles. The first-order chi connectivity index (χ1) is 12.9. The van der Waals surface area contributed by atoms with E-state index in [-0.39, 0.29) is 5.54 Å². The molecule has 146 valence electrons. The molecule has 7 heteroatoms. The minimum absolute atomic E-state index is 0.0298. The monoisotopic (exact) mass is 404 g/mol. The Morgan fingerprint density at radius 1 is 1.07 bits per heavy atom. The summed E-state index contributed by atoms with van der Waals surface area (Å²) in [5.74, 6) is 0.308. The Bertz CT molecular complexity index is 830. The summed E-state index contributed by atoms with van der Waals surface area (Å²) >= 11 is 3.49. The molecule has 2 aliphatic rings. The van der Waals surface area contributed by atoms with E-state index < -0.39 is 0 Å². The predicted molar refractivity (Wildman–Crippen MR) is 110 cm³/mol. The Balaban J connectivity index is 1.46. The number of carbonyl (C=O) groups is 1. The first-order valence-electron chi connectivity index (χ1n) is 9.82. The van der Waals surface area contributed by atoms with Gasteiger partial charge in [0, 0.05) is 35.3 Å². The maximum Gasteiger partial charge on any atom is 0.223 e. The van der Waals surface area contributed by atoms with Crippen LogP contribution >= 0.6 is 22.7 Å². The van der Waals surface area contributed by atoms with Gasteiger partial charge in [0.2, 0.25) is 5.91 Å². The summed E-state index contributed by atoms with van der Waals surface area (Å²) in [6, 6.07) is 0. The van der Waals surface area contributed by atoms with Crippen LogP contribution in [0.3, 0.4) is 0 Å². The minimum atomic E-state index is 0.0298. The number of aromatic nitrogens is 2. The van der Waals surface area contributed by atoms with Crippen LogP contribution in [-0.2, 0) is 17.9 Å². The molecule has 2 fully saturated rings. The summed E-state index contributed by atoms with van der Waals surface area (Å²) in [5.41, 5.74) is 2.25. The number of carbonyl (C=O) groups excluding carboxylic acids is 1. The number of amides is 1. The van der Waals surface area contributed by atoms with E-state index >= 15 is 0 Å². The number of thiazole rings is 2. The molecule has 0 N–H and O–H groups in total. The van der Waals surface area contributed by atoms with Gasteiger partial charge in [0.05, 0.1) is 27.9 Å². The number of rotatable bonds is 4. The highest BCUT2D eigenvalue weighted by atomic mass is 32.1. The van der Waals surface area contributed by atoms with Gasteiger partial charge in [-0.05, 0) is 53.0 Å². The van der Waals surface area contributed by atoms with Gasteiger partial charge >= 0.3 is 0 Å². The molecule has 4 rings (SSSR count). The van der Waals surface area contributed by atoms with Crippen LogP contribution in [0.25, 0.3) is 0 Å². The molecule has 5 nitrogen and oxygen atoms in total. The quantitative estimate of drug-likeness (QED) is 0.771. The van der Waals surface area contributed by atoms with E-state index in [0.29, 0.717) is 18.9 Å². The fraction of sp³-hybridized carbons (Fsp3) is 0.650. The topological polar surface area (TPSA) is 49.3 Å². The van der Waals surface area contributed by atoms with Crippen molar-refractivity contribution in [2.45, 2.75) is 71.5 Å². The summed E-state index contributed by atoms with van der Waals surface area (Å²) < 4.78 is 0. The molecule has 1 atom stereocenters. The number of likely N-dealkylation sites (tertiary alicyclic amines) is 2. The first kappa shape index (κ1) is 19.0. The summed E-state index contributed by atoms with van der Waals surface area (Å²) in [6.45, 7) is 10.1. The summed E-state index contributed by atoms with van der Waals surface area (Å²) in [5, 5.41) is 4.33. The van der Waals surface area contributed by atoms with E-state index in [9.17, 15) is 4.79 Å². The van der Waals surface area contributed by atoms with Crippen molar-refractivity contribution < 1.29 is 4.79 Å². The van der Waals surface area contributed by atoms with Crippen molar-refractivity contribution in [3.8, 4) is 0 Å². The highest BCUT2D eigenvalue weighted by Gasteiger charge is 2.45. The van der Waals surface area contributed by atoms with Crippen molar-refractivity contribution in [3.05, 3.63) is 31.7 Å². The standard InChI is InChI=1S/C20H28N4OS2/c1-14-18(27-16(3)21-14)12-23-9-4-6-20(8-10-23)7-5-19(25)24(20)11-17-13-26-15(2)22-17/h13H,4-12H2,1-3H3/t20-/m1/s1. The molecule has 0 aliphatic carbocycles. The average molecular weight is 405 g/mol. The minimum Gasteiger partial charge on any atom is -0.331 e. The molecule has 1 amide bonds. The highest BCUT2D eigenvalue weighted by molar-refractivity contribution is 7.11. The molecular weight excluding hydrogens is 376 g/mol. The Kier molecular flexibility index (Phi) is 5.36. The number of hydrogen-bond acceptors (Lipinski definition) is 6. The van der Waals surface area contributed by atoms with Gasteiger partial charge in [0.1, 0.15) is 0 Å². The second-order valence-electron chi connectivity index (χ2n) is 7.93. The molecule has 2 saturated heterocycles. The Labute approximate surface area is 169 Å².